The van der Waals surface area contributed by atoms with Crippen molar-refractivity contribution in [2.45, 2.75) is 32.1 Å². The highest BCUT2D eigenvalue weighted by molar-refractivity contribution is 6.31. The number of hydrogen-bond acceptors (Lipinski definition) is 3. The number of aryl methyl sites for hydroxylation is 1. The highest BCUT2D eigenvalue weighted by Crippen LogP contribution is 2.35. The summed E-state index contributed by atoms with van der Waals surface area (Å²) in [5.74, 6) is 4.91. The summed E-state index contributed by atoms with van der Waals surface area (Å²) in [7, 11) is 0. The molecule has 0 aliphatic rings. The summed E-state index contributed by atoms with van der Waals surface area (Å²) in [6, 6.07) is -2.01. The van der Waals surface area contributed by atoms with Gasteiger partial charge in [-0.05, 0) is 6.42 Å². The smallest absolute Gasteiger partial charge is 0.271 e. The molecule has 1 atom stereocenters. The minimum Gasteiger partial charge on any atom is -0.271 e. The van der Waals surface area contributed by atoms with Crippen molar-refractivity contribution in [1.29, 1.82) is 0 Å². The van der Waals surface area contributed by atoms with Crippen LogP contribution in [0.3, 0.4) is 0 Å². The average molecular weight is 257 g/mol. The van der Waals surface area contributed by atoms with Crippen LogP contribution in [0.2, 0.25) is 5.02 Å². The first kappa shape index (κ1) is 13.3. The topological polar surface area (TPSA) is 55.9 Å². The zero-order chi connectivity index (χ0) is 12.3. The molecule has 1 aromatic rings. The summed E-state index contributed by atoms with van der Waals surface area (Å²) in [6.45, 7) is 2.19. The molecular formula is C8H12ClF3N4. The largest absolute Gasteiger partial charge is 0.410 e. The van der Waals surface area contributed by atoms with Crippen molar-refractivity contribution in [2.24, 2.45) is 5.84 Å². The van der Waals surface area contributed by atoms with Gasteiger partial charge in [-0.25, -0.2) is 5.43 Å². The summed E-state index contributed by atoms with van der Waals surface area (Å²) in [6.07, 6.45) is -2.67. The molecule has 8 heteroatoms. The van der Waals surface area contributed by atoms with E-state index in [2.05, 4.69) is 5.10 Å². The minimum absolute atomic E-state index is 0.0475. The molecule has 0 saturated carbocycles. The highest BCUT2D eigenvalue weighted by Gasteiger charge is 2.43. The van der Waals surface area contributed by atoms with Gasteiger partial charge >= 0.3 is 6.18 Å². The molecule has 16 heavy (non-hydrogen) atoms. The van der Waals surface area contributed by atoms with Gasteiger partial charge in [-0.1, -0.05) is 18.5 Å². The standard InChI is InChI=1S/C8H12ClF3N4/c1-2-3-16-6(5(9)4-14-16)7(15-13)8(10,11)12/h4,7,15H,2-3,13H2,1H3. The quantitative estimate of drug-likeness (QED) is 0.640. The van der Waals surface area contributed by atoms with Gasteiger partial charge in [-0.15, -0.1) is 0 Å². The maximum absolute atomic E-state index is 12.6. The number of nitrogens with one attached hydrogen (secondary N) is 1. The third kappa shape index (κ3) is 2.66. The molecule has 4 nitrogen and oxygen atoms in total. The van der Waals surface area contributed by atoms with Gasteiger partial charge in [0.1, 0.15) is 0 Å². The van der Waals surface area contributed by atoms with Gasteiger partial charge in [-0.3, -0.25) is 10.5 Å². The molecule has 0 aliphatic carbocycles. The molecule has 1 heterocycles. The fourth-order valence-corrected chi connectivity index (χ4v) is 1.63. The molecule has 92 valence electrons. The Bertz CT molecular complexity index is 350. The number of hydrazine groups is 1. The molecular weight excluding hydrogens is 245 g/mol. The molecule has 1 rings (SSSR count). The van der Waals surface area contributed by atoms with Crippen LogP contribution in [0.1, 0.15) is 25.1 Å². The summed E-state index contributed by atoms with van der Waals surface area (Å²) in [5.41, 5.74) is 1.56. The zero-order valence-corrected chi connectivity index (χ0v) is 9.31. The van der Waals surface area contributed by atoms with E-state index in [-0.39, 0.29) is 10.7 Å². The number of nitrogens with two attached hydrogens (primary N) is 1. The number of rotatable bonds is 4. The van der Waals surface area contributed by atoms with Gasteiger partial charge in [0.2, 0.25) is 0 Å². The van der Waals surface area contributed by atoms with Gasteiger partial charge in [-0.2, -0.15) is 18.3 Å². The predicted molar refractivity (Wildman–Crippen MR) is 53.6 cm³/mol. The van der Waals surface area contributed by atoms with E-state index in [9.17, 15) is 13.2 Å². The van der Waals surface area contributed by atoms with E-state index in [1.165, 1.54) is 10.9 Å². The Morgan fingerprint density at radius 3 is 2.69 bits per heavy atom. The second-order valence-electron chi connectivity index (χ2n) is 3.24. The van der Waals surface area contributed by atoms with Crippen LogP contribution in [0.4, 0.5) is 13.2 Å². The van der Waals surface area contributed by atoms with Crippen molar-refractivity contribution < 1.29 is 13.2 Å². The minimum atomic E-state index is -4.51. The van der Waals surface area contributed by atoms with Crippen LogP contribution in [-0.2, 0) is 6.54 Å². The van der Waals surface area contributed by atoms with Crippen molar-refractivity contribution in [3.63, 3.8) is 0 Å². The van der Waals surface area contributed by atoms with E-state index in [0.717, 1.165) is 0 Å². The molecule has 0 amide bonds. The maximum Gasteiger partial charge on any atom is 0.410 e. The Hall–Kier alpha value is -0.790. The maximum atomic E-state index is 12.6. The second-order valence-corrected chi connectivity index (χ2v) is 3.65. The third-order valence-corrected chi connectivity index (χ3v) is 2.33. The van der Waals surface area contributed by atoms with Crippen LogP contribution < -0.4 is 11.3 Å². The lowest BCUT2D eigenvalue weighted by atomic mass is 10.2. The molecule has 1 aromatic heterocycles. The van der Waals surface area contributed by atoms with Crippen LogP contribution in [0.25, 0.3) is 0 Å². The Labute approximate surface area is 95.5 Å². The molecule has 0 spiro atoms. The van der Waals surface area contributed by atoms with Crippen molar-refractivity contribution in [3.05, 3.63) is 16.9 Å². The molecule has 0 bridgehead atoms. The van der Waals surface area contributed by atoms with Gasteiger partial charge in [0.25, 0.3) is 0 Å². The fourth-order valence-electron chi connectivity index (χ4n) is 1.38. The van der Waals surface area contributed by atoms with E-state index in [1.54, 1.807) is 5.43 Å². The lowest BCUT2D eigenvalue weighted by molar-refractivity contribution is -0.159. The monoisotopic (exact) mass is 256 g/mol. The van der Waals surface area contributed by atoms with Crippen LogP contribution in [0.5, 0.6) is 0 Å². The van der Waals surface area contributed by atoms with Crippen molar-refractivity contribution >= 4 is 11.6 Å². The van der Waals surface area contributed by atoms with Gasteiger partial charge in [0, 0.05) is 6.54 Å². The lowest BCUT2D eigenvalue weighted by Crippen LogP contribution is -2.40. The molecule has 0 saturated heterocycles. The highest BCUT2D eigenvalue weighted by atomic mass is 35.5. The van der Waals surface area contributed by atoms with E-state index in [1.807, 2.05) is 6.92 Å². The van der Waals surface area contributed by atoms with E-state index in [0.29, 0.717) is 13.0 Å². The summed E-state index contributed by atoms with van der Waals surface area (Å²) < 4.78 is 39.1. The van der Waals surface area contributed by atoms with Gasteiger partial charge in [0.05, 0.1) is 16.9 Å². The van der Waals surface area contributed by atoms with Crippen LogP contribution in [0, 0.1) is 0 Å². The van der Waals surface area contributed by atoms with Crippen LogP contribution in [-0.4, -0.2) is 16.0 Å². The molecule has 0 fully saturated rings. The van der Waals surface area contributed by atoms with E-state index < -0.39 is 12.2 Å². The third-order valence-electron chi connectivity index (χ3n) is 2.04. The van der Waals surface area contributed by atoms with Gasteiger partial charge in [0.15, 0.2) is 6.04 Å². The Morgan fingerprint density at radius 1 is 1.62 bits per heavy atom. The Morgan fingerprint density at radius 2 is 2.25 bits per heavy atom. The first-order valence-electron chi connectivity index (χ1n) is 4.65. The normalized spacial score (nSPS) is 14.1. The van der Waals surface area contributed by atoms with Crippen LogP contribution in [0.15, 0.2) is 6.20 Å². The number of hydrogen-bond donors (Lipinski definition) is 2. The number of halogens is 4. The predicted octanol–water partition coefficient (Wildman–Crippen LogP) is 2.01. The zero-order valence-electron chi connectivity index (χ0n) is 8.55. The fraction of sp³-hybridized carbons (Fsp3) is 0.625. The lowest BCUT2D eigenvalue weighted by Gasteiger charge is -2.20. The number of aromatic nitrogens is 2. The number of alkyl halides is 3. The van der Waals surface area contributed by atoms with E-state index in [4.69, 9.17) is 17.4 Å². The molecule has 0 aliphatic heterocycles. The van der Waals surface area contributed by atoms with E-state index >= 15 is 0 Å². The van der Waals surface area contributed by atoms with Crippen molar-refractivity contribution in [1.82, 2.24) is 15.2 Å². The first-order valence-corrected chi connectivity index (χ1v) is 5.03. The second kappa shape index (κ2) is 5.03. The average Bonchev–Trinajstić information content (AvgIpc) is 2.49. The summed E-state index contributed by atoms with van der Waals surface area (Å²) >= 11 is 5.68. The van der Waals surface area contributed by atoms with Gasteiger partial charge < -0.3 is 0 Å². The Kier molecular flexibility index (Phi) is 4.17. The number of nitrogens with zero attached hydrogens (tertiary/aromatic N) is 2. The first-order chi connectivity index (χ1) is 7.41. The summed E-state index contributed by atoms with van der Waals surface area (Å²) in [5, 5.41) is 3.73. The molecule has 1 unspecified atom stereocenters. The SMILES string of the molecule is CCCn1ncc(Cl)c1C(NN)C(F)(F)F. The van der Waals surface area contributed by atoms with Crippen molar-refractivity contribution in [2.75, 3.05) is 0 Å². The van der Waals surface area contributed by atoms with Crippen LogP contribution >= 0.6 is 11.6 Å². The summed E-state index contributed by atoms with van der Waals surface area (Å²) in [4.78, 5) is 0. The molecule has 0 aromatic carbocycles. The molecule has 3 N–H and O–H groups in total. The Balaban J connectivity index is 3.13. The molecule has 0 radical (unpaired) electrons. The van der Waals surface area contributed by atoms with Crippen molar-refractivity contribution in [3.8, 4) is 0 Å².